The fraction of sp³-hybridized carbons (Fsp3) is 0.0714. The zero-order valence-corrected chi connectivity index (χ0v) is 15.7. The highest BCUT2D eigenvalue weighted by atomic mass is 127. The number of nitrogens with zero attached hydrogens (tertiary/aromatic N) is 2. The lowest BCUT2D eigenvalue weighted by atomic mass is 10.2. The highest BCUT2D eigenvalue weighted by Gasteiger charge is 2.15. The van der Waals surface area contributed by atoms with E-state index in [1.807, 2.05) is 4.83 Å². The highest BCUT2D eigenvalue weighted by Crippen LogP contribution is 2.28. The van der Waals surface area contributed by atoms with Gasteiger partial charge in [-0.3, -0.25) is 10.1 Å². The number of benzene rings is 2. The van der Waals surface area contributed by atoms with Crippen LogP contribution in [0.15, 0.2) is 46.4 Å². The number of ether oxygens (including phenoxy) is 1. The van der Waals surface area contributed by atoms with Gasteiger partial charge in [-0.15, -0.1) is 0 Å². The molecule has 0 amide bonds. The molecule has 132 valence electrons. The lowest BCUT2D eigenvalue weighted by molar-refractivity contribution is -0.385. The lowest BCUT2D eigenvalue weighted by Crippen LogP contribution is -2.18. The summed E-state index contributed by atoms with van der Waals surface area (Å²) >= 11 is 1.73. The summed E-state index contributed by atoms with van der Waals surface area (Å²) in [5.41, 5.74) is -0.238. The first-order chi connectivity index (χ1) is 11.7. The predicted molar refractivity (Wildman–Crippen MR) is 98.4 cm³/mol. The minimum absolute atomic E-state index is 0.0102. The van der Waals surface area contributed by atoms with E-state index >= 15 is 0 Å². The molecule has 0 unspecified atom stereocenters. The zero-order chi connectivity index (χ0) is 18.6. The van der Waals surface area contributed by atoms with Crippen molar-refractivity contribution in [3.05, 3.63) is 55.6 Å². The molecule has 0 saturated heterocycles. The molecule has 11 heteroatoms. The Hall–Kier alpha value is -2.41. The number of phenols is 1. The van der Waals surface area contributed by atoms with Crippen LogP contribution in [0.5, 0.6) is 11.5 Å². The number of hydrogen-bond donors (Lipinski definition) is 2. The van der Waals surface area contributed by atoms with Gasteiger partial charge in [-0.05, 0) is 46.9 Å². The van der Waals surface area contributed by atoms with Gasteiger partial charge in [-0.2, -0.15) is 13.5 Å². The van der Waals surface area contributed by atoms with Crippen LogP contribution in [-0.4, -0.2) is 31.8 Å². The van der Waals surface area contributed by atoms with E-state index < -0.39 is 14.9 Å². The van der Waals surface area contributed by atoms with Crippen LogP contribution >= 0.6 is 22.6 Å². The second kappa shape index (κ2) is 7.65. The summed E-state index contributed by atoms with van der Waals surface area (Å²) in [5, 5.41) is 24.3. The van der Waals surface area contributed by atoms with E-state index in [0.717, 1.165) is 12.3 Å². The molecule has 2 aromatic carbocycles. The molecule has 0 radical (unpaired) electrons. The number of rotatable bonds is 6. The van der Waals surface area contributed by atoms with Crippen LogP contribution in [0.3, 0.4) is 0 Å². The summed E-state index contributed by atoms with van der Waals surface area (Å²) in [5.74, 6) is 0.261. The Labute approximate surface area is 156 Å². The second-order valence-corrected chi connectivity index (χ2v) is 7.47. The van der Waals surface area contributed by atoms with Gasteiger partial charge in [-0.1, -0.05) is 0 Å². The number of halogens is 1. The van der Waals surface area contributed by atoms with Crippen molar-refractivity contribution >= 4 is 44.5 Å². The van der Waals surface area contributed by atoms with Crippen LogP contribution in [0.2, 0.25) is 0 Å². The van der Waals surface area contributed by atoms with Crippen molar-refractivity contribution in [1.29, 1.82) is 0 Å². The summed E-state index contributed by atoms with van der Waals surface area (Å²) in [7, 11) is -2.47. The number of non-ortho nitro benzene ring substituents is 1. The molecule has 0 heterocycles. The number of aromatic hydroxyl groups is 1. The first kappa shape index (κ1) is 18.9. The quantitative estimate of drug-likeness (QED) is 0.284. The molecule has 0 spiro atoms. The van der Waals surface area contributed by atoms with Crippen LogP contribution in [0.25, 0.3) is 0 Å². The standard InChI is InChI=1S/C14H12IN3O6S/c1-24-11-2-4-12(5-3-11)25(22,23)17-16-8-9-6-10(18(20)21)7-13(15)14(9)19/h2-8,17,19H,1H3. The van der Waals surface area contributed by atoms with Crippen LogP contribution < -0.4 is 9.57 Å². The fourth-order valence-electron chi connectivity index (χ4n) is 1.78. The Bertz CT molecular complexity index is 928. The lowest BCUT2D eigenvalue weighted by Gasteiger charge is -2.05. The average Bonchev–Trinajstić information content (AvgIpc) is 2.58. The first-order valence-corrected chi connectivity index (χ1v) is 9.16. The minimum atomic E-state index is -3.93. The molecule has 2 rings (SSSR count). The Morgan fingerprint density at radius 1 is 1.32 bits per heavy atom. The van der Waals surface area contributed by atoms with Crippen LogP contribution in [0.4, 0.5) is 5.69 Å². The molecular weight excluding hydrogens is 465 g/mol. The second-order valence-electron chi connectivity index (χ2n) is 4.65. The number of phenolic OH excluding ortho intramolecular Hbond substituents is 1. The van der Waals surface area contributed by atoms with Gasteiger partial charge in [0.2, 0.25) is 0 Å². The monoisotopic (exact) mass is 477 g/mol. The summed E-state index contributed by atoms with van der Waals surface area (Å²) in [4.78, 5) is 12.2. The third-order valence-corrected chi connectivity index (χ3v) is 5.10. The van der Waals surface area contributed by atoms with E-state index in [2.05, 4.69) is 5.10 Å². The maximum absolute atomic E-state index is 12.1. The number of methoxy groups -OCH3 is 1. The minimum Gasteiger partial charge on any atom is -0.506 e. The average molecular weight is 477 g/mol. The highest BCUT2D eigenvalue weighted by molar-refractivity contribution is 14.1. The number of hydrogen-bond acceptors (Lipinski definition) is 7. The van der Waals surface area contributed by atoms with E-state index in [4.69, 9.17) is 4.74 Å². The van der Waals surface area contributed by atoms with Crippen LogP contribution in [0, 0.1) is 13.7 Å². The molecule has 0 aromatic heterocycles. The molecule has 0 atom stereocenters. The van der Waals surface area contributed by atoms with Gasteiger partial charge in [-0.25, -0.2) is 4.83 Å². The molecule has 0 fully saturated rings. The predicted octanol–water partition coefficient (Wildman–Crippen LogP) is 2.23. The Balaban J connectivity index is 2.23. The number of nitrogens with one attached hydrogen (secondary N) is 1. The van der Waals surface area contributed by atoms with Crippen molar-refractivity contribution in [1.82, 2.24) is 4.83 Å². The Morgan fingerprint density at radius 3 is 2.52 bits per heavy atom. The Kier molecular flexibility index (Phi) is 5.79. The number of hydrazone groups is 1. The van der Waals surface area contributed by atoms with Gasteiger partial charge >= 0.3 is 0 Å². The van der Waals surface area contributed by atoms with E-state index in [1.54, 1.807) is 22.6 Å². The van der Waals surface area contributed by atoms with Crippen molar-refractivity contribution in [3.63, 3.8) is 0 Å². The van der Waals surface area contributed by atoms with Crippen molar-refractivity contribution in [2.24, 2.45) is 5.10 Å². The van der Waals surface area contributed by atoms with Gasteiger partial charge < -0.3 is 9.84 Å². The van der Waals surface area contributed by atoms with Crippen molar-refractivity contribution in [2.75, 3.05) is 7.11 Å². The first-order valence-electron chi connectivity index (χ1n) is 6.60. The third-order valence-electron chi connectivity index (χ3n) is 3.03. The fourth-order valence-corrected chi connectivity index (χ4v) is 3.20. The topological polar surface area (TPSA) is 131 Å². The zero-order valence-electron chi connectivity index (χ0n) is 12.7. The molecule has 0 aliphatic heterocycles. The van der Waals surface area contributed by atoms with Crippen molar-refractivity contribution in [3.8, 4) is 11.5 Å². The molecule has 0 aliphatic carbocycles. The van der Waals surface area contributed by atoms with Crippen LogP contribution in [0.1, 0.15) is 5.56 Å². The summed E-state index contributed by atoms with van der Waals surface area (Å²) in [6.07, 6.45) is 0.992. The normalized spacial score (nSPS) is 11.4. The number of nitro benzene ring substituents is 1. The van der Waals surface area contributed by atoms with Gasteiger partial charge in [0.25, 0.3) is 15.7 Å². The van der Waals surface area contributed by atoms with E-state index in [-0.39, 0.29) is 25.5 Å². The Morgan fingerprint density at radius 2 is 1.96 bits per heavy atom. The van der Waals surface area contributed by atoms with Crippen LogP contribution in [-0.2, 0) is 10.0 Å². The van der Waals surface area contributed by atoms with Crippen molar-refractivity contribution in [2.45, 2.75) is 4.90 Å². The van der Waals surface area contributed by atoms with Gasteiger partial charge in [0, 0.05) is 17.7 Å². The maximum atomic E-state index is 12.1. The summed E-state index contributed by atoms with van der Waals surface area (Å²) in [6, 6.07) is 7.91. The third kappa shape index (κ3) is 4.57. The van der Waals surface area contributed by atoms with Gasteiger partial charge in [0.1, 0.15) is 11.5 Å². The molecular formula is C14H12IN3O6S. The molecule has 0 bridgehead atoms. The largest absolute Gasteiger partial charge is 0.506 e. The molecule has 2 aromatic rings. The van der Waals surface area contributed by atoms with E-state index in [9.17, 15) is 23.6 Å². The molecule has 0 saturated carbocycles. The SMILES string of the molecule is COc1ccc(S(=O)(=O)NN=Cc2cc([N+](=O)[O-])cc(I)c2O)cc1. The van der Waals surface area contributed by atoms with Gasteiger partial charge in [0.05, 0.1) is 26.7 Å². The molecule has 0 aliphatic rings. The summed E-state index contributed by atoms with van der Waals surface area (Å²) in [6.45, 7) is 0. The van der Waals surface area contributed by atoms with E-state index in [0.29, 0.717) is 5.75 Å². The maximum Gasteiger partial charge on any atom is 0.276 e. The van der Waals surface area contributed by atoms with Gasteiger partial charge in [0.15, 0.2) is 0 Å². The van der Waals surface area contributed by atoms with Crippen molar-refractivity contribution < 1.29 is 23.2 Å². The molecule has 2 N–H and O–H groups in total. The smallest absolute Gasteiger partial charge is 0.276 e. The van der Waals surface area contributed by atoms with E-state index in [1.165, 1.54) is 37.4 Å². The molecule has 25 heavy (non-hydrogen) atoms. The number of sulfonamides is 1. The summed E-state index contributed by atoms with van der Waals surface area (Å²) < 4.78 is 29.4. The molecule has 9 nitrogen and oxygen atoms in total. The number of nitro groups is 1.